The highest BCUT2D eigenvalue weighted by Gasteiger charge is 2.31. The van der Waals surface area contributed by atoms with Crippen molar-refractivity contribution in [3.8, 4) is 21.1 Å². The van der Waals surface area contributed by atoms with Crippen LogP contribution in [0.2, 0.25) is 0 Å². The molecule has 7 nitrogen and oxygen atoms in total. The van der Waals surface area contributed by atoms with E-state index in [1.807, 2.05) is 35.0 Å². The second-order valence-corrected chi connectivity index (χ2v) is 8.69. The molecule has 0 N–H and O–H groups in total. The van der Waals surface area contributed by atoms with E-state index in [1.165, 1.54) is 0 Å². The van der Waals surface area contributed by atoms with E-state index in [1.54, 1.807) is 48.1 Å². The first-order valence-corrected chi connectivity index (χ1v) is 11.2. The van der Waals surface area contributed by atoms with Crippen molar-refractivity contribution in [3.05, 3.63) is 76.0 Å². The fourth-order valence-corrected chi connectivity index (χ4v) is 4.60. The van der Waals surface area contributed by atoms with Crippen LogP contribution in [0.4, 0.5) is 0 Å². The number of ether oxygens (including phenoxy) is 2. The van der Waals surface area contributed by atoms with Crippen molar-refractivity contribution in [1.29, 1.82) is 0 Å². The fourth-order valence-electron chi connectivity index (χ4n) is 3.23. The first kappa shape index (κ1) is 19.5. The minimum atomic E-state index is -0.381. The lowest BCUT2D eigenvalue weighted by atomic mass is 10.1. The summed E-state index contributed by atoms with van der Waals surface area (Å²) in [7, 11) is 0. The highest BCUT2D eigenvalue weighted by atomic mass is 32.1. The molecule has 4 aromatic heterocycles. The summed E-state index contributed by atoms with van der Waals surface area (Å²) in [5.74, 6) is -0.626. The SMILES string of the molecule is CC1OC(=O)c2nc(-c3cccs3)cnc21.O=C1OCc2cnc(-c3cccs3)cc21. The van der Waals surface area contributed by atoms with Crippen molar-refractivity contribution in [2.75, 3.05) is 0 Å². The molecule has 31 heavy (non-hydrogen) atoms. The lowest BCUT2D eigenvalue weighted by Gasteiger charge is -2.00. The van der Waals surface area contributed by atoms with E-state index >= 15 is 0 Å². The summed E-state index contributed by atoms with van der Waals surface area (Å²) in [5.41, 5.74) is 4.06. The van der Waals surface area contributed by atoms with Crippen molar-refractivity contribution in [3.63, 3.8) is 0 Å². The van der Waals surface area contributed by atoms with E-state index in [9.17, 15) is 9.59 Å². The van der Waals surface area contributed by atoms with Crippen LogP contribution in [-0.4, -0.2) is 26.9 Å². The molecule has 9 heteroatoms. The zero-order chi connectivity index (χ0) is 21.4. The fraction of sp³-hybridized carbons (Fsp3) is 0.136. The van der Waals surface area contributed by atoms with Gasteiger partial charge in [-0.15, -0.1) is 22.7 Å². The van der Waals surface area contributed by atoms with E-state index < -0.39 is 0 Å². The number of pyridine rings is 1. The second kappa shape index (κ2) is 8.01. The number of esters is 2. The molecule has 0 saturated heterocycles. The van der Waals surface area contributed by atoms with Crippen molar-refractivity contribution < 1.29 is 19.1 Å². The van der Waals surface area contributed by atoms with Crippen LogP contribution >= 0.6 is 22.7 Å². The van der Waals surface area contributed by atoms with E-state index in [2.05, 4.69) is 15.0 Å². The molecule has 0 aliphatic carbocycles. The van der Waals surface area contributed by atoms with Crippen molar-refractivity contribution >= 4 is 34.6 Å². The molecule has 0 bridgehead atoms. The summed E-state index contributed by atoms with van der Waals surface area (Å²) in [6, 6.07) is 9.64. The normalized spacial score (nSPS) is 16.1. The maximum absolute atomic E-state index is 11.5. The summed E-state index contributed by atoms with van der Waals surface area (Å²) < 4.78 is 9.96. The van der Waals surface area contributed by atoms with Crippen molar-refractivity contribution in [1.82, 2.24) is 15.0 Å². The van der Waals surface area contributed by atoms with Gasteiger partial charge in [0.05, 0.1) is 32.9 Å². The monoisotopic (exact) mass is 449 g/mol. The van der Waals surface area contributed by atoms with Gasteiger partial charge in [0.2, 0.25) is 0 Å². The largest absolute Gasteiger partial charge is 0.457 e. The molecule has 0 amide bonds. The minimum Gasteiger partial charge on any atom is -0.457 e. The molecule has 0 fully saturated rings. The Morgan fingerprint density at radius 1 is 0.968 bits per heavy atom. The van der Waals surface area contributed by atoms with E-state index in [0.29, 0.717) is 23.6 Å². The third-order valence-electron chi connectivity index (χ3n) is 4.78. The van der Waals surface area contributed by atoms with Crippen LogP contribution in [0.25, 0.3) is 21.1 Å². The first-order chi connectivity index (χ1) is 15.1. The molecule has 2 aliphatic rings. The van der Waals surface area contributed by atoms with Gasteiger partial charge in [-0.2, -0.15) is 0 Å². The Labute approximate surface area is 185 Å². The van der Waals surface area contributed by atoms with Crippen molar-refractivity contribution in [2.24, 2.45) is 0 Å². The van der Waals surface area contributed by atoms with Gasteiger partial charge in [-0.3, -0.25) is 9.97 Å². The average molecular weight is 450 g/mol. The molecule has 154 valence electrons. The molecule has 1 unspecified atom stereocenters. The maximum Gasteiger partial charge on any atom is 0.359 e. The van der Waals surface area contributed by atoms with E-state index in [0.717, 1.165) is 26.7 Å². The van der Waals surface area contributed by atoms with Crippen LogP contribution in [-0.2, 0) is 16.1 Å². The zero-order valence-electron chi connectivity index (χ0n) is 16.3. The lowest BCUT2D eigenvalue weighted by molar-refractivity contribution is 0.0413. The van der Waals surface area contributed by atoms with Gasteiger partial charge >= 0.3 is 11.9 Å². The molecule has 4 aromatic rings. The van der Waals surface area contributed by atoms with Gasteiger partial charge in [0.25, 0.3) is 0 Å². The Kier molecular flexibility index (Phi) is 5.05. The summed E-state index contributed by atoms with van der Waals surface area (Å²) in [6.45, 7) is 2.15. The predicted octanol–water partition coefficient (Wildman–Crippen LogP) is 4.92. The van der Waals surface area contributed by atoms with Gasteiger partial charge in [0.1, 0.15) is 18.4 Å². The van der Waals surface area contributed by atoms with Gasteiger partial charge in [0, 0.05) is 11.8 Å². The van der Waals surface area contributed by atoms with Crippen molar-refractivity contribution in [2.45, 2.75) is 19.6 Å². The molecule has 1 atom stereocenters. The average Bonchev–Trinajstić information content (AvgIpc) is 3.58. The number of nitrogens with zero attached hydrogens (tertiary/aromatic N) is 3. The molecular weight excluding hydrogens is 434 g/mol. The number of rotatable bonds is 2. The quantitative estimate of drug-likeness (QED) is 0.401. The number of cyclic esters (lactones) is 2. The minimum absolute atomic E-state index is 0.245. The van der Waals surface area contributed by atoms with Crippen LogP contribution in [0.1, 0.15) is 45.1 Å². The molecule has 0 aromatic carbocycles. The van der Waals surface area contributed by atoms with Gasteiger partial charge in [-0.1, -0.05) is 12.1 Å². The number of hydrogen-bond acceptors (Lipinski definition) is 9. The Morgan fingerprint density at radius 2 is 1.71 bits per heavy atom. The summed E-state index contributed by atoms with van der Waals surface area (Å²) in [6.07, 6.45) is 3.12. The number of carbonyl (C=O) groups is 2. The first-order valence-electron chi connectivity index (χ1n) is 9.42. The highest BCUT2D eigenvalue weighted by Crippen LogP contribution is 2.30. The zero-order valence-corrected chi connectivity index (χ0v) is 17.9. The third-order valence-corrected chi connectivity index (χ3v) is 6.56. The number of fused-ring (bicyclic) bond motifs is 2. The molecule has 0 spiro atoms. The third kappa shape index (κ3) is 3.73. The number of hydrogen-bond donors (Lipinski definition) is 0. The standard InChI is InChI=1S/C11H8N2O2S.C11H7NO2S/c1-6-9-10(11(14)15-6)13-7(5-12-9)8-3-2-4-16-8;13-11-8-4-9(10-2-1-3-15-10)12-5-7(8)6-14-11/h2-6H,1H3;1-5H,6H2. The summed E-state index contributed by atoms with van der Waals surface area (Å²) in [4.78, 5) is 37.7. The Balaban J connectivity index is 0.000000132. The predicted molar refractivity (Wildman–Crippen MR) is 116 cm³/mol. The van der Waals surface area contributed by atoms with Gasteiger partial charge < -0.3 is 9.47 Å². The molecule has 0 radical (unpaired) electrons. The lowest BCUT2D eigenvalue weighted by Crippen LogP contribution is -1.99. The van der Waals surface area contributed by atoms with Crippen LogP contribution in [0.5, 0.6) is 0 Å². The second-order valence-electron chi connectivity index (χ2n) is 6.79. The number of aromatic nitrogens is 3. The maximum atomic E-state index is 11.5. The topological polar surface area (TPSA) is 91.3 Å². The smallest absolute Gasteiger partial charge is 0.359 e. The van der Waals surface area contributed by atoms with Crippen LogP contribution < -0.4 is 0 Å². The summed E-state index contributed by atoms with van der Waals surface area (Å²) in [5, 5.41) is 3.95. The molecule has 6 rings (SSSR count). The van der Waals surface area contributed by atoms with Gasteiger partial charge in [0.15, 0.2) is 5.69 Å². The highest BCUT2D eigenvalue weighted by molar-refractivity contribution is 7.13. The van der Waals surface area contributed by atoms with Gasteiger partial charge in [-0.05, 0) is 35.9 Å². The van der Waals surface area contributed by atoms with Crippen LogP contribution in [0.15, 0.2) is 53.5 Å². The molecule has 2 aliphatic heterocycles. The van der Waals surface area contributed by atoms with Gasteiger partial charge in [-0.25, -0.2) is 14.6 Å². The molecular formula is C22H15N3O4S2. The Bertz CT molecular complexity index is 1270. The van der Waals surface area contributed by atoms with Crippen LogP contribution in [0.3, 0.4) is 0 Å². The van der Waals surface area contributed by atoms with E-state index in [-0.39, 0.29) is 18.0 Å². The summed E-state index contributed by atoms with van der Waals surface area (Å²) >= 11 is 3.18. The van der Waals surface area contributed by atoms with Crippen LogP contribution in [0, 0.1) is 0 Å². The number of carbonyl (C=O) groups excluding carboxylic acids is 2. The Morgan fingerprint density at radius 3 is 2.42 bits per heavy atom. The Hall–Kier alpha value is -3.43. The molecule has 6 heterocycles. The molecule has 0 saturated carbocycles. The van der Waals surface area contributed by atoms with E-state index in [4.69, 9.17) is 9.47 Å². The number of thiophene rings is 2.